The second-order valence-electron chi connectivity index (χ2n) is 5.14. The highest BCUT2D eigenvalue weighted by Gasteiger charge is 2.18. The summed E-state index contributed by atoms with van der Waals surface area (Å²) in [6.45, 7) is 1.36. The van der Waals surface area contributed by atoms with Crippen LogP contribution in [-0.4, -0.2) is 18.4 Å². The highest BCUT2D eigenvalue weighted by Crippen LogP contribution is 2.19. The molecule has 0 bridgehead atoms. The van der Waals surface area contributed by atoms with E-state index in [0.29, 0.717) is 11.3 Å². The van der Waals surface area contributed by atoms with Crippen LogP contribution in [0.5, 0.6) is 0 Å². The molecule has 0 aliphatic carbocycles. The lowest BCUT2D eigenvalue weighted by Gasteiger charge is -2.21. The van der Waals surface area contributed by atoms with Crippen LogP contribution in [0.15, 0.2) is 48.5 Å². The van der Waals surface area contributed by atoms with Gasteiger partial charge in [-0.05, 0) is 29.8 Å². The number of hydrogen-bond donors (Lipinski definition) is 1. The van der Waals surface area contributed by atoms with Gasteiger partial charge in [0.2, 0.25) is 11.8 Å². The van der Waals surface area contributed by atoms with E-state index in [1.165, 1.54) is 24.0 Å². The molecule has 0 radical (unpaired) electrons. The highest BCUT2D eigenvalue weighted by atomic mass is 19.1. The van der Waals surface area contributed by atoms with Crippen molar-refractivity contribution in [3.8, 4) is 6.07 Å². The maximum absolute atomic E-state index is 12.8. The van der Waals surface area contributed by atoms with E-state index in [1.807, 2.05) is 6.07 Å². The maximum atomic E-state index is 12.8. The van der Waals surface area contributed by atoms with E-state index in [9.17, 15) is 14.0 Å². The van der Waals surface area contributed by atoms with Gasteiger partial charge in [0.25, 0.3) is 0 Å². The lowest BCUT2D eigenvalue weighted by atomic mass is 10.1. The number of carbonyl (C=O) groups is 2. The predicted molar refractivity (Wildman–Crippen MR) is 87.4 cm³/mol. The number of rotatable bonds is 5. The zero-order chi connectivity index (χ0) is 17.5. The fourth-order valence-corrected chi connectivity index (χ4v) is 2.17. The topological polar surface area (TPSA) is 73.2 Å². The molecule has 122 valence electrons. The Balaban J connectivity index is 2.05. The molecule has 2 aromatic rings. The van der Waals surface area contributed by atoms with Crippen molar-refractivity contribution in [3.63, 3.8) is 0 Å². The van der Waals surface area contributed by atoms with Crippen molar-refractivity contribution in [1.82, 2.24) is 5.32 Å². The first-order valence-electron chi connectivity index (χ1n) is 7.29. The van der Waals surface area contributed by atoms with Crippen molar-refractivity contribution in [1.29, 1.82) is 5.26 Å². The number of hydrogen-bond acceptors (Lipinski definition) is 3. The number of benzene rings is 2. The number of carbonyl (C=O) groups excluding carboxylic acids is 2. The second kappa shape index (κ2) is 7.88. The van der Waals surface area contributed by atoms with E-state index in [0.717, 1.165) is 5.56 Å². The van der Waals surface area contributed by atoms with Crippen molar-refractivity contribution < 1.29 is 14.0 Å². The van der Waals surface area contributed by atoms with E-state index in [2.05, 4.69) is 5.32 Å². The zero-order valence-electron chi connectivity index (χ0n) is 13.1. The predicted octanol–water partition coefficient (Wildman–Crippen LogP) is 2.37. The number of halogens is 1. The van der Waals surface area contributed by atoms with Gasteiger partial charge in [0, 0.05) is 13.5 Å². The molecule has 0 spiro atoms. The number of nitriles is 1. The Morgan fingerprint density at radius 3 is 2.46 bits per heavy atom. The Hall–Kier alpha value is -3.20. The molecule has 24 heavy (non-hydrogen) atoms. The van der Waals surface area contributed by atoms with Crippen LogP contribution < -0.4 is 10.2 Å². The first-order chi connectivity index (χ1) is 11.5. The van der Waals surface area contributed by atoms with E-state index in [1.54, 1.807) is 36.4 Å². The third-order valence-electron chi connectivity index (χ3n) is 3.40. The molecular weight excluding hydrogens is 309 g/mol. The Labute approximate surface area is 139 Å². The van der Waals surface area contributed by atoms with Crippen molar-refractivity contribution in [2.24, 2.45) is 0 Å². The van der Waals surface area contributed by atoms with Crippen LogP contribution in [0.2, 0.25) is 0 Å². The number of nitrogens with zero attached hydrogens (tertiary/aromatic N) is 2. The summed E-state index contributed by atoms with van der Waals surface area (Å²) in [4.78, 5) is 25.2. The van der Waals surface area contributed by atoms with Crippen molar-refractivity contribution in [2.45, 2.75) is 13.5 Å². The quantitative estimate of drug-likeness (QED) is 0.917. The van der Waals surface area contributed by atoms with Gasteiger partial charge in [0.05, 0.1) is 11.3 Å². The van der Waals surface area contributed by atoms with E-state index in [4.69, 9.17) is 5.26 Å². The first kappa shape index (κ1) is 17.2. The fraction of sp³-hybridized carbons (Fsp3) is 0.167. The van der Waals surface area contributed by atoms with Crippen LogP contribution in [0, 0.1) is 17.1 Å². The molecule has 2 amide bonds. The van der Waals surface area contributed by atoms with Crippen molar-refractivity contribution in [3.05, 3.63) is 65.5 Å². The number of nitrogens with one attached hydrogen (secondary N) is 1. The molecule has 0 aromatic heterocycles. The van der Waals surface area contributed by atoms with E-state index in [-0.39, 0.29) is 30.7 Å². The molecule has 0 heterocycles. The third-order valence-corrected chi connectivity index (χ3v) is 3.40. The summed E-state index contributed by atoms with van der Waals surface area (Å²) in [5.74, 6) is -1.06. The van der Waals surface area contributed by atoms with Gasteiger partial charge in [-0.15, -0.1) is 0 Å². The highest BCUT2D eigenvalue weighted by molar-refractivity contribution is 5.98. The Kier molecular flexibility index (Phi) is 5.63. The molecule has 0 saturated heterocycles. The SMILES string of the molecule is CC(=O)N(CC(=O)NCc1ccc(F)cc1)c1ccccc1C#N. The average Bonchev–Trinajstić information content (AvgIpc) is 2.59. The van der Waals surface area contributed by atoms with Gasteiger partial charge in [-0.3, -0.25) is 9.59 Å². The molecule has 2 rings (SSSR count). The molecule has 2 aromatic carbocycles. The molecule has 0 saturated carbocycles. The summed E-state index contributed by atoms with van der Waals surface area (Å²) in [6, 6.07) is 14.4. The van der Waals surface area contributed by atoms with Gasteiger partial charge in [0.15, 0.2) is 0 Å². The van der Waals surface area contributed by atoms with Crippen LogP contribution in [0.4, 0.5) is 10.1 Å². The van der Waals surface area contributed by atoms with Crippen LogP contribution in [-0.2, 0) is 16.1 Å². The van der Waals surface area contributed by atoms with Gasteiger partial charge in [0.1, 0.15) is 18.4 Å². The Morgan fingerprint density at radius 1 is 1.17 bits per heavy atom. The zero-order valence-corrected chi connectivity index (χ0v) is 13.1. The molecule has 6 heteroatoms. The van der Waals surface area contributed by atoms with Gasteiger partial charge in [-0.25, -0.2) is 4.39 Å². The number of para-hydroxylation sites is 1. The summed E-state index contributed by atoms with van der Waals surface area (Å²) < 4.78 is 12.8. The van der Waals surface area contributed by atoms with Crippen LogP contribution in [0.3, 0.4) is 0 Å². The summed E-state index contributed by atoms with van der Waals surface area (Å²) in [6.07, 6.45) is 0. The second-order valence-corrected chi connectivity index (χ2v) is 5.14. The summed E-state index contributed by atoms with van der Waals surface area (Å²) in [5.41, 5.74) is 1.46. The Morgan fingerprint density at radius 2 is 1.83 bits per heavy atom. The van der Waals surface area contributed by atoms with E-state index >= 15 is 0 Å². The lowest BCUT2D eigenvalue weighted by Crippen LogP contribution is -2.40. The molecule has 0 unspecified atom stereocenters. The molecule has 5 nitrogen and oxygen atoms in total. The summed E-state index contributed by atoms with van der Waals surface area (Å²) >= 11 is 0. The van der Waals surface area contributed by atoms with Gasteiger partial charge < -0.3 is 10.2 Å². The summed E-state index contributed by atoms with van der Waals surface area (Å²) in [5, 5.41) is 11.8. The standard InChI is InChI=1S/C18H16FN3O2/c1-13(23)22(17-5-3-2-4-15(17)10-20)12-18(24)21-11-14-6-8-16(19)9-7-14/h2-9H,11-12H2,1H3,(H,21,24). The van der Waals surface area contributed by atoms with Gasteiger partial charge >= 0.3 is 0 Å². The minimum atomic E-state index is -0.373. The normalized spacial score (nSPS) is 9.88. The summed E-state index contributed by atoms with van der Waals surface area (Å²) in [7, 11) is 0. The molecular formula is C18H16FN3O2. The molecule has 0 aliphatic heterocycles. The smallest absolute Gasteiger partial charge is 0.240 e. The molecule has 1 N–H and O–H groups in total. The average molecular weight is 325 g/mol. The van der Waals surface area contributed by atoms with Crippen LogP contribution in [0.25, 0.3) is 0 Å². The molecule has 0 atom stereocenters. The van der Waals surface area contributed by atoms with Gasteiger partial charge in [-0.2, -0.15) is 5.26 Å². The van der Waals surface area contributed by atoms with Crippen molar-refractivity contribution >= 4 is 17.5 Å². The number of amides is 2. The monoisotopic (exact) mass is 325 g/mol. The lowest BCUT2D eigenvalue weighted by molar-refractivity contribution is -0.123. The third kappa shape index (κ3) is 4.40. The number of anilines is 1. The first-order valence-corrected chi connectivity index (χ1v) is 7.29. The van der Waals surface area contributed by atoms with E-state index < -0.39 is 0 Å². The largest absolute Gasteiger partial charge is 0.350 e. The minimum absolute atomic E-state index is 0.199. The molecule has 0 fully saturated rings. The maximum Gasteiger partial charge on any atom is 0.240 e. The van der Waals surface area contributed by atoms with Crippen LogP contribution in [0.1, 0.15) is 18.1 Å². The minimum Gasteiger partial charge on any atom is -0.350 e. The molecule has 0 aliphatic rings. The fourth-order valence-electron chi connectivity index (χ4n) is 2.17. The Bertz CT molecular complexity index is 782. The van der Waals surface area contributed by atoms with Gasteiger partial charge in [-0.1, -0.05) is 24.3 Å². The van der Waals surface area contributed by atoms with Crippen LogP contribution >= 0.6 is 0 Å². The van der Waals surface area contributed by atoms with Crippen molar-refractivity contribution in [2.75, 3.05) is 11.4 Å².